The lowest BCUT2D eigenvalue weighted by Crippen LogP contribution is -2.21. The molecule has 20 heavy (non-hydrogen) atoms. The minimum atomic E-state index is 0.462. The van der Waals surface area contributed by atoms with Crippen molar-refractivity contribution >= 4 is 0 Å². The minimum absolute atomic E-state index is 0.462. The van der Waals surface area contributed by atoms with Crippen LogP contribution in [0.1, 0.15) is 49.4 Å². The van der Waals surface area contributed by atoms with Crippen molar-refractivity contribution in [3.05, 3.63) is 65.5 Å². The van der Waals surface area contributed by atoms with Crippen molar-refractivity contribution in [2.24, 2.45) is 0 Å². The molecule has 1 unspecified atom stereocenters. The second kappa shape index (κ2) is 7.81. The van der Waals surface area contributed by atoms with Gasteiger partial charge in [-0.3, -0.25) is 4.98 Å². The van der Waals surface area contributed by atoms with Crippen LogP contribution in [0, 0.1) is 0 Å². The molecule has 0 amide bonds. The lowest BCUT2D eigenvalue weighted by molar-refractivity contribution is 0.518. The lowest BCUT2D eigenvalue weighted by Gasteiger charge is -2.18. The first kappa shape index (κ1) is 14.7. The summed E-state index contributed by atoms with van der Waals surface area (Å²) in [6.45, 7) is 5.52. The molecule has 0 aliphatic heterocycles. The normalized spacial score (nSPS) is 12.3. The van der Waals surface area contributed by atoms with Crippen LogP contribution in [-0.4, -0.2) is 11.5 Å². The molecule has 1 aromatic carbocycles. The van der Waals surface area contributed by atoms with Gasteiger partial charge in [0.05, 0.1) is 0 Å². The first-order chi connectivity index (χ1) is 9.83. The smallest absolute Gasteiger partial charge is 0.0317 e. The number of hydrogen-bond donors (Lipinski definition) is 1. The minimum Gasteiger partial charge on any atom is -0.310 e. The van der Waals surface area contributed by atoms with E-state index in [0.717, 1.165) is 19.4 Å². The van der Waals surface area contributed by atoms with E-state index in [-0.39, 0.29) is 0 Å². The number of hydrogen-bond acceptors (Lipinski definition) is 2. The van der Waals surface area contributed by atoms with Gasteiger partial charge in [-0.2, -0.15) is 0 Å². The van der Waals surface area contributed by atoms with Gasteiger partial charge in [-0.1, -0.05) is 44.2 Å². The Hall–Kier alpha value is -1.67. The van der Waals surface area contributed by atoms with E-state index in [1.165, 1.54) is 23.1 Å². The Bertz CT molecular complexity index is 508. The van der Waals surface area contributed by atoms with E-state index in [9.17, 15) is 0 Å². The summed E-state index contributed by atoms with van der Waals surface area (Å²) in [5, 5.41) is 3.61. The Labute approximate surface area is 122 Å². The summed E-state index contributed by atoms with van der Waals surface area (Å²) in [4.78, 5) is 4.18. The summed E-state index contributed by atoms with van der Waals surface area (Å²) in [5.41, 5.74) is 4.01. The second-order valence-electron chi connectivity index (χ2n) is 5.20. The number of nitrogens with zero attached hydrogens (tertiary/aromatic N) is 1. The highest BCUT2D eigenvalue weighted by Gasteiger charge is 2.08. The van der Waals surface area contributed by atoms with Gasteiger partial charge in [-0.15, -0.1) is 0 Å². The summed E-state index contributed by atoms with van der Waals surface area (Å²) in [6.07, 6.45) is 7.01. The molecular weight excluding hydrogens is 244 g/mol. The van der Waals surface area contributed by atoms with Crippen molar-refractivity contribution < 1.29 is 0 Å². The molecule has 1 heterocycles. The predicted molar refractivity (Wildman–Crippen MR) is 84.8 cm³/mol. The van der Waals surface area contributed by atoms with Crippen molar-refractivity contribution in [1.29, 1.82) is 0 Å². The van der Waals surface area contributed by atoms with Gasteiger partial charge in [0.2, 0.25) is 0 Å². The van der Waals surface area contributed by atoms with Gasteiger partial charge in [0.15, 0.2) is 0 Å². The largest absolute Gasteiger partial charge is 0.310 e. The standard InChI is InChI=1S/C18H24N2/c1-3-10-20-18(4-2)17-9-5-7-15(13-17)12-16-8-6-11-19-14-16/h5-9,11,13-14,18,20H,3-4,10,12H2,1-2H3. The van der Waals surface area contributed by atoms with Crippen LogP contribution in [0.2, 0.25) is 0 Å². The first-order valence-electron chi connectivity index (χ1n) is 7.54. The molecule has 0 fully saturated rings. The van der Waals surface area contributed by atoms with Gasteiger partial charge in [0, 0.05) is 18.4 Å². The van der Waals surface area contributed by atoms with Crippen LogP contribution in [0.25, 0.3) is 0 Å². The molecule has 1 N–H and O–H groups in total. The van der Waals surface area contributed by atoms with Gasteiger partial charge in [0.25, 0.3) is 0 Å². The molecule has 1 atom stereocenters. The zero-order chi connectivity index (χ0) is 14.2. The Balaban J connectivity index is 2.10. The third kappa shape index (κ3) is 4.17. The second-order valence-corrected chi connectivity index (χ2v) is 5.20. The monoisotopic (exact) mass is 268 g/mol. The first-order valence-corrected chi connectivity index (χ1v) is 7.54. The molecular formula is C18H24N2. The molecule has 0 aliphatic rings. The molecule has 1 aromatic heterocycles. The molecule has 106 valence electrons. The molecule has 0 radical (unpaired) electrons. The summed E-state index contributed by atoms with van der Waals surface area (Å²) >= 11 is 0. The highest BCUT2D eigenvalue weighted by Crippen LogP contribution is 2.19. The summed E-state index contributed by atoms with van der Waals surface area (Å²) in [6, 6.07) is 13.5. The van der Waals surface area contributed by atoms with Crippen molar-refractivity contribution in [2.75, 3.05) is 6.54 Å². The van der Waals surface area contributed by atoms with E-state index in [2.05, 4.69) is 54.5 Å². The number of nitrogens with one attached hydrogen (secondary N) is 1. The van der Waals surface area contributed by atoms with E-state index in [4.69, 9.17) is 0 Å². The predicted octanol–water partition coefficient (Wildman–Crippen LogP) is 4.12. The third-order valence-electron chi connectivity index (χ3n) is 3.53. The molecule has 0 saturated carbocycles. The van der Waals surface area contributed by atoms with Crippen molar-refractivity contribution in [1.82, 2.24) is 10.3 Å². The molecule has 0 spiro atoms. The average molecular weight is 268 g/mol. The SMILES string of the molecule is CCCNC(CC)c1cccc(Cc2cccnc2)c1. The fraction of sp³-hybridized carbons (Fsp3) is 0.389. The molecule has 0 bridgehead atoms. The van der Waals surface area contributed by atoms with E-state index in [1.54, 1.807) is 0 Å². The number of pyridine rings is 1. The van der Waals surface area contributed by atoms with Gasteiger partial charge < -0.3 is 5.32 Å². The molecule has 0 saturated heterocycles. The van der Waals surface area contributed by atoms with Crippen LogP contribution in [0.4, 0.5) is 0 Å². The fourth-order valence-corrected chi connectivity index (χ4v) is 2.47. The van der Waals surface area contributed by atoms with Crippen LogP contribution in [0.5, 0.6) is 0 Å². The Kier molecular flexibility index (Phi) is 5.75. The Morgan fingerprint density at radius 2 is 1.95 bits per heavy atom. The molecule has 2 heteroatoms. The fourth-order valence-electron chi connectivity index (χ4n) is 2.47. The topological polar surface area (TPSA) is 24.9 Å². The molecule has 2 aromatic rings. The van der Waals surface area contributed by atoms with Crippen molar-refractivity contribution in [2.45, 2.75) is 39.2 Å². The van der Waals surface area contributed by atoms with E-state index >= 15 is 0 Å². The van der Waals surface area contributed by atoms with Crippen LogP contribution in [0.15, 0.2) is 48.8 Å². The maximum Gasteiger partial charge on any atom is 0.0317 e. The van der Waals surface area contributed by atoms with Crippen molar-refractivity contribution in [3.8, 4) is 0 Å². The maximum absolute atomic E-state index is 4.18. The number of rotatable bonds is 7. The zero-order valence-corrected chi connectivity index (χ0v) is 12.5. The van der Waals surface area contributed by atoms with Crippen LogP contribution in [0.3, 0.4) is 0 Å². The number of benzene rings is 1. The van der Waals surface area contributed by atoms with Crippen LogP contribution in [-0.2, 0) is 6.42 Å². The highest BCUT2D eigenvalue weighted by molar-refractivity contribution is 5.30. The summed E-state index contributed by atoms with van der Waals surface area (Å²) in [5.74, 6) is 0. The lowest BCUT2D eigenvalue weighted by atomic mass is 9.99. The molecule has 2 nitrogen and oxygen atoms in total. The summed E-state index contributed by atoms with van der Waals surface area (Å²) < 4.78 is 0. The van der Waals surface area contributed by atoms with E-state index < -0.39 is 0 Å². The van der Waals surface area contributed by atoms with Gasteiger partial charge in [-0.25, -0.2) is 0 Å². The van der Waals surface area contributed by atoms with Crippen molar-refractivity contribution in [3.63, 3.8) is 0 Å². The van der Waals surface area contributed by atoms with Gasteiger partial charge in [-0.05, 0) is 48.6 Å². The Morgan fingerprint density at radius 1 is 1.10 bits per heavy atom. The van der Waals surface area contributed by atoms with Crippen LogP contribution >= 0.6 is 0 Å². The van der Waals surface area contributed by atoms with E-state index in [1.807, 2.05) is 18.5 Å². The third-order valence-corrected chi connectivity index (χ3v) is 3.53. The maximum atomic E-state index is 4.18. The zero-order valence-electron chi connectivity index (χ0n) is 12.5. The van der Waals surface area contributed by atoms with E-state index in [0.29, 0.717) is 6.04 Å². The molecule has 0 aliphatic carbocycles. The number of aromatic nitrogens is 1. The summed E-state index contributed by atoms with van der Waals surface area (Å²) in [7, 11) is 0. The Morgan fingerprint density at radius 3 is 2.65 bits per heavy atom. The van der Waals surface area contributed by atoms with Gasteiger partial charge in [0.1, 0.15) is 0 Å². The van der Waals surface area contributed by atoms with Crippen LogP contribution < -0.4 is 5.32 Å². The highest BCUT2D eigenvalue weighted by atomic mass is 14.9. The average Bonchev–Trinajstić information content (AvgIpc) is 2.49. The van der Waals surface area contributed by atoms with Gasteiger partial charge >= 0.3 is 0 Å². The quantitative estimate of drug-likeness (QED) is 0.817. The molecule has 2 rings (SSSR count).